The van der Waals surface area contributed by atoms with Crippen molar-refractivity contribution in [3.63, 3.8) is 0 Å². The minimum atomic E-state index is -1.42. The van der Waals surface area contributed by atoms with Crippen LogP contribution in [0.25, 0.3) is 0 Å². The van der Waals surface area contributed by atoms with Crippen molar-refractivity contribution in [3.05, 3.63) is 35.4 Å². The van der Waals surface area contributed by atoms with Gasteiger partial charge >= 0.3 is 0 Å². The number of carbonyl (C=O) groups excluding carboxylic acids is 2. The number of aliphatic hydroxyl groups excluding tert-OH is 3. The number of amides is 1. The number of phenolic OH excluding ortho intramolecular Hbond substituents is 1. The highest BCUT2D eigenvalue weighted by Crippen LogP contribution is 2.76. The number of aromatic hydroxyl groups is 1. The van der Waals surface area contributed by atoms with Crippen LogP contribution in [0.15, 0.2) is 29.8 Å². The van der Waals surface area contributed by atoms with Crippen LogP contribution in [0.2, 0.25) is 0 Å². The molecule has 16 atom stereocenters. The number of epoxide rings is 1. The van der Waals surface area contributed by atoms with E-state index in [9.17, 15) is 35.4 Å². The first-order valence-electron chi connectivity index (χ1n) is 23.8. The van der Waals surface area contributed by atoms with E-state index >= 15 is 4.79 Å². The fourth-order valence-corrected chi connectivity index (χ4v) is 19.7. The second kappa shape index (κ2) is 14.9. The first kappa shape index (κ1) is 43.3. The zero-order valence-electron chi connectivity index (χ0n) is 36.6. The fourth-order valence-electron chi connectivity index (χ4n) is 16.5. The van der Waals surface area contributed by atoms with Crippen LogP contribution >= 0.6 is 21.6 Å². The zero-order chi connectivity index (χ0) is 43.1. The number of rotatable bonds is 5. The van der Waals surface area contributed by atoms with E-state index in [4.69, 9.17) is 4.74 Å². The van der Waals surface area contributed by atoms with Gasteiger partial charge in [0.05, 0.1) is 40.3 Å². The Hall–Kier alpha value is -1.64. The molecule has 12 heteroatoms. The Balaban J connectivity index is 1.13. The Morgan fingerprint density at radius 3 is 2.52 bits per heavy atom. The van der Waals surface area contributed by atoms with E-state index in [2.05, 4.69) is 20.8 Å². The van der Waals surface area contributed by atoms with Crippen LogP contribution in [0.5, 0.6) is 5.75 Å². The van der Waals surface area contributed by atoms with Gasteiger partial charge in [-0.25, -0.2) is 0 Å². The molecule has 1 amide bonds. The van der Waals surface area contributed by atoms with Crippen molar-refractivity contribution in [2.45, 2.75) is 153 Å². The summed E-state index contributed by atoms with van der Waals surface area (Å²) in [6, 6.07) is 5.46. The molecule has 5 saturated carbocycles. The lowest BCUT2D eigenvalue weighted by Crippen LogP contribution is -2.72. The number of hydrogen-bond acceptors (Lipinski definition) is 11. The van der Waals surface area contributed by atoms with Crippen LogP contribution in [-0.4, -0.2) is 103 Å². The van der Waals surface area contributed by atoms with Gasteiger partial charge in [-0.2, -0.15) is 0 Å². The SMILES string of the molecule is CC(C)[C@@H](C)[C@@H]1O[C@H]1[C@](C)(O)[C@H]1CC[C@@]2(O)C3=CC(=O)[C@@]45CSSC[C@H]6CCC[C@@H](CO)[C@]67CCN(C7=O)c6cc(O)cc(c6)CC[C@@]12CC[C@@H]3[C@]41CCC[C@H]5[C@@H](O)[C@@H](O)C1. The smallest absolute Gasteiger partial charge is 0.233 e. The molecule has 5 aliphatic heterocycles. The average molecular weight is 880 g/mol. The maximum atomic E-state index is 15.5. The molecule has 7 fully saturated rings. The van der Waals surface area contributed by atoms with Crippen molar-refractivity contribution in [1.82, 2.24) is 0 Å². The molecule has 12 rings (SSSR count). The lowest BCUT2D eigenvalue weighted by atomic mass is 9.35. The van der Waals surface area contributed by atoms with E-state index in [1.165, 1.54) is 0 Å². The number of aryl methyl sites for hydroxylation is 1. The number of hydrogen-bond donors (Lipinski definition) is 6. The zero-order valence-corrected chi connectivity index (χ0v) is 38.2. The molecule has 1 aromatic carbocycles. The number of ketones is 1. The second-order valence-corrected chi connectivity index (χ2v) is 24.6. The maximum absolute atomic E-state index is 15.5. The first-order valence-corrected chi connectivity index (χ1v) is 26.2. The fraction of sp³-hybridized carbons (Fsp3) is 0.796. The number of benzene rings is 1. The van der Waals surface area contributed by atoms with Gasteiger partial charge in [0, 0.05) is 47.7 Å². The summed E-state index contributed by atoms with van der Waals surface area (Å²) in [5.74, 6) is 0.752. The number of anilines is 1. The van der Waals surface area contributed by atoms with Gasteiger partial charge in [0.2, 0.25) is 5.91 Å². The molecule has 61 heavy (non-hydrogen) atoms. The van der Waals surface area contributed by atoms with Gasteiger partial charge in [-0.1, -0.05) is 55.2 Å². The quantitative estimate of drug-likeness (QED) is 0.139. The molecule has 1 aromatic rings. The summed E-state index contributed by atoms with van der Waals surface area (Å²) < 4.78 is 6.38. The van der Waals surface area contributed by atoms with Crippen LogP contribution in [0.1, 0.15) is 117 Å². The normalized spacial score (nSPS) is 47.1. The van der Waals surface area contributed by atoms with Gasteiger partial charge in [0.1, 0.15) is 11.9 Å². The summed E-state index contributed by atoms with van der Waals surface area (Å²) in [7, 11) is 3.38. The van der Waals surface area contributed by atoms with E-state index in [1.54, 1.807) is 39.8 Å². The van der Waals surface area contributed by atoms with Gasteiger partial charge in [-0.05, 0) is 154 Å². The minimum Gasteiger partial charge on any atom is -0.508 e. The number of carbonyl (C=O) groups is 2. The number of aliphatic hydroxyl groups is 5. The van der Waals surface area contributed by atoms with Crippen molar-refractivity contribution in [2.75, 3.05) is 29.6 Å². The minimum absolute atomic E-state index is 0.0146. The van der Waals surface area contributed by atoms with E-state index < -0.39 is 51.0 Å². The highest BCUT2D eigenvalue weighted by Gasteiger charge is 2.77. The summed E-state index contributed by atoms with van der Waals surface area (Å²) in [5, 5.41) is 72.4. The van der Waals surface area contributed by atoms with Crippen LogP contribution in [-0.2, 0) is 20.7 Å². The van der Waals surface area contributed by atoms with Crippen molar-refractivity contribution >= 4 is 39.0 Å². The number of nitrogens with zero attached hydrogens (tertiary/aromatic N) is 1. The Bertz CT molecular complexity index is 1980. The second-order valence-electron chi connectivity index (χ2n) is 22.1. The maximum Gasteiger partial charge on any atom is 0.233 e. The van der Waals surface area contributed by atoms with E-state index in [1.807, 2.05) is 17.9 Å². The highest BCUT2D eigenvalue weighted by atomic mass is 33.1. The number of phenols is 1. The topological polar surface area (TPSA) is 171 Å². The number of fused-ring (bicyclic) bond motifs is 2. The Morgan fingerprint density at radius 1 is 0.951 bits per heavy atom. The van der Waals surface area contributed by atoms with Crippen molar-refractivity contribution in [3.8, 4) is 5.75 Å². The van der Waals surface area contributed by atoms with Crippen LogP contribution in [0, 0.1) is 63.1 Å². The molecule has 336 valence electrons. The first-order chi connectivity index (χ1) is 29.0. The predicted octanol–water partition coefficient (Wildman–Crippen LogP) is 6.61. The monoisotopic (exact) mass is 879 g/mol. The van der Waals surface area contributed by atoms with Crippen LogP contribution in [0.3, 0.4) is 0 Å². The standard InChI is InChI=1S/C49H69NO9S2/c1-27(2)28(3)41-42(59-41)44(4,57)38-12-16-49(58)36-22-39(54)48-26-61-60-25-31-8-5-7-30(24-51)47(31)17-18-50(43(47)56)32-19-29(20-33(52)21-32)10-14-45(38,49)15-11-34(36)46(48)13-6-9-35(48)40(55)37(53)23-46/h19-22,27-28,30-31,34-35,37-38,40-42,51-53,55,57-58H,5-18,23-26H2,1-4H3/t28-,30+,31-,34+,35+,37+,38-,40-,41+,42-,44-,45-,46-,47-,48+,49-/m1/s1. The third-order valence-electron chi connectivity index (χ3n) is 19.8. The van der Waals surface area contributed by atoms with E-state index in [0.717, 1.165) is 43.2 Å². The van der Waals surface area contributed by atoms with E-state index in [-0.39, 0.29) is 65.8 Å². The molecule has 11 aliphatic rings. The third kappa shape index (κ3) is 5.83. The molecule has 3 spiro atoms. The Kier molecular flexibility index (Phi) is 10.6. The summed E-state index contributed by atoms with van der Waals surface area (Å²) in [5.41, 5.74) is -3.57. The summed E-state index contributed by atoms with van der Waals surface area (Å²) in [6.07, 6.45) is 8.31. The summed E-state index contributed by atoms with van der Waals surface area (Å²) in [6.45, 7) is 8.87. The molecule has 2 saturated heterocycles. The summed E-state index contributed by atoms with van der Waals surface area (Å²) >= 11 is 0. The predicted molar refractivity (Wildman–Crippen MR) is 237 cm³/mol. The molecule has 5 heterocycles. The molecule has 10 bridgehead atoms. The lowest BCUT2D eigenvalue weighted by Gasteiger charge is -2.69. The van der Waals surface area contributed by atoms with Crippen molar-refractivity contribution in [2.24, 2.45) is 63.1 Å². The third-order valence-corrected chi connectivity index (χ3v) is 22.3. The molecule has 0 radical (unpaired) electrons. The van der Waals surface area contributed by atoms with Gasteiger partial charge in [-0.15, -0.1) is 0 Å². The molecular weight excluding hydrogens is 811 g/mol. The molecule has 6 N–H and O–H groups in total. The van der Waals surface area contributed by atoms with Crippen molar-refractivity contribution in [1.29, 1.82) is 0 Å². The Morgan fingerprint density at radius 2 is 1.75 bits per heavy atom. The molecule has 0 unspecified atom stereocenters. The molecule has 10 nitrogen and oxygen atoms in total. The van der Waals surface area contributed by atoms with Crippen LogP contribution in [0.4, 0.5) is 5.69 Å². The van der Waals surface area contributed by atoms with Gasteiger partial charge in [0.15, 0.2) is 5.78 Å². The van der Waals surface area contributed by atoms with Crippen LogP contribution < -0.4 is 4.90 Å². The van der Waals surface area contributed by atoms with Gasteiger partial charge < -0.3 is 40.3 Å². The van der Waals surface area contributed by atoms with Gasteiger partial charge in [0.25, 0.3) is 0 Å². The van der Waals surface area contributed by atoms with E-state index in [0.29, 0.717) is 87.4 Å². The number of ether oxygens (including phenoxy) is 1. The average Bonchev–Trinajstić information content (AvgIpc) is 3.89. The Labute approximate surface area is 369 Å². The highest BCUT2D eigenvalue weighted by molar-refractivity contribution is 8.76. The molecule has 0 aromatic heterocycles. The number of allylic oxidation sites excluding steroid dienone is 1. The molecular formula is C49H69NO9S2. The lowest BCUT2D eigenvalue weighted by molar-refractivity contribution is -0.222. The van der Waals surface area contributed by atoms with Gasteiger partial charge in [-0.3, -0.25) is 9.59 Å². The molecule has 6 aliphatic carbocycles. The van der Waals surface area contributed by atoms with Crippen molar-refractivity contribution < 1.29 is 45.0 Å². The largest absolute Gasteiger partial charge is 0.508 e. The summed E-state index contributed by atoms with van der Waals surface area (Å²) in [4.78, 5) is 32.4.